The third-order valence-corrected chi connectivity index (χ3v) is 4.88. The van der Waals surface area contributed by atoms with Crippen molar-refractivity contribution in [3.63, 3.8) is 0 Å². The summed E-state index contributed by atoms with van der Waals surface area (Å²) in [6, 6.07) is 15.1. The van der Waals surface area contributed by atoms with Crippen molar-refractivity contribution in [3.05, 3.63) is 91.4 Å². The smallest absolute Gasteiger partial charge is 0.311 e. The lowest BCUT2D eigenvalue weighted by molar-refractivity contribution is -0.385. The Hall–Kier alpha value is -3.09. The first kappa shape index (κ1) is 20.6. The summed E-state index contributed by atoms with van der Waals surface area (Å²) in [4.78, 5) is 15.0. The molecule has 3 rings (SSSR count). The summed E-state index contributed by atoms with van der Waals surface area (Å²) >= 11 is 12.3. The van der Waals surface area contributed by atoms with Crippen molar-refractivity contribution in [1.29, 1.82) is 0 Å². The van der Waals surface area contributed by atoms with Gasteiger partial charge in [0.05, 0.1) is 22.7 Å². The van der Waals surface area contributed by atoms with Gasteiger partial charge in [0.2, 0.25) is 5.75 Å². The molecular formula is C21H16Cl2N2O4. The first-order valence-corrected chi connectivity index (χ1v) is 9.26. The molecule has 0 unspecified atom stereocenters. The van der Waals surface area contributed by atoms with Crippen LogP contribution in [0.4, 0.5) is 11.4 Å². The Kier molecular flexibility index (Phi) is 6.36. The van der Waals surface area contributed by atoms with E-state index in [4.69, 9.17) is 27.9 Å². The summed E-state index contributed by atoms with van der Waals surface area (Å²) < 4.78 is 5.10. The monoisotopic (exact) mass is 430 g/mol. The molecule has 3 aromatic rings. The molecule has 0 aliphatic rings. The Morgan fingerprint density at radius 1 is 1.14 bits per heavy atom. The van der Waals surface area contributed by atoms with Gasteiger partial charge in [0.15, 0.2) is 0 Å². The maximum Gasteiger partial charge on any atom is 0.311 e. The van der Waals surface area contributed by atoms with Crippen LogP contribution in [0.3, 0.4) is 0 Å². The van der Waals surface area contributed by atoms with E-state index in [1.165, 1.54) is 19.4 Å². The van der Waals surface area contributed by atoms with E-state index in [2.05, 4.69) is 4.99 Å². The molecule has 0 spiro atoms. The number of nitrogens with zero attached hydrogens (tertiary/aromatic N) is 2. The van der Waals surface area contributed by atoms with Crippen LogP contribution in [-0.2, 0) is 6.42 Å². The number of ether oxygens (including phenoxy) is 1. The van der Waals surface area contributed by atoms with E-state index in [1.807, 2.05) is 18.2 Å². The van der Waals surface area contributed by atoms with Crippen molar-refractivity contribution < 1.29 is 14.8 Å². The predicted molar refractivity (Wildman–Crippen MR) is 114 cm³/mol. The molecule has 0 radical (unpaired) electrons. The second-order valence-electron chi connectivity index (χ2n) is 6.16. The molecule has 1 N–H and O–H groups in total. The summed E-state index contributed by atoms with van der Waals surface area (Å²) in [5.41, 5.74) is 1.77. The molecule has 6 nitrogen and oxygen atoms in total. The highest BCUT2D eigenvalue weighted by molar-refractivity contribution is 6.32. The quantitative estimate of drug-likeness (QED) is 0.297. The summed E-state index contributed by atoms with van der Waals surface area (Å²) in [5.74, 6) is 0.0482. The number of aliphatic imine (C=N–C) groups is 1. The van der Waals surface area contributed by atoms with Crippen molar-refractivity contribution in [2.24, 2.45) is 4.99 Å². The summed E-state index contributed by atoms with van der Waals surface area (Å²) in [5, 5.41) is 22.6. The highest BCUT2D eigenvalue weighted by atomic mass is 35.5. The van der Waals surface area contributed by atoms with Crippen LogP contribution in [0.2, 0.25) is 10.0 Å². The highest BCUT2D eigenvalue weighted by Crippen LogP contribution is 2.33. The third-order valence-electron chi connectivity index (χ3n) is 4.22. The number of hydrogen-bond donors (Lipinski definition) is 1. The van der Waals surface area contributed by atoms with Crippen LogP contribution in [0.1, 0.15) is 16.7 Å². The summed E-state index contributed by atoms with van der Waals surface area (Å²) in [7, 11) is 1.51. The number of aromatic hydroxyl groups is 1. The van der Waals surface area contributed by atoms with Gasteiger partial charge in [0, 0.05) is 22.9 Å². The maximum atomic E-state index is 11.4. The van der Waals surface area contributed by atoms with Gasteiger partial charge in [-0.1, -0.05) is 41.4 Å². The van der Waals surface area contributed by atoms with Crippen LogP contribution in [0.15, 0.2) is 59.6 Å². The molecule has 148 valence electrons. The van der Waals surface area contributed by atoms with Gasteiger partial charge >= 0.3 is 5.69 Å². The zero-order chi connectivity index (χ0) is 21.0. The van der Waals surface area contributed by atoms with E-state index in [0.29, 0.717) is 33.5 Å². The SMILES string of the molecule is COc1ccc(N=Cc2cc(Cc3ccccc3Cl)cc([N+](=O)[O-])c2O)cc1Cl. The van der Waals surface area contributed by atoms with Crippen LogP contribution in [0, 0.1) is 10.1 Å². The second-order valence-corrected chi connectivity index (χ2v) is 6.97. The molecule has 0 amide bonds. The van der Waals surface area contributed by atoms with E-state index in [9.17, 15) is 15.2 Å². The van der Waals surface area contributed by atoms with E-state index in [1.54, 1.807) is 30.3 Å². The van der Waals surface area contributed by atoms with Gasteiger partial charge in [0.25, 0.3) is 0 Å². The molecule has 0 aliphatic carbocycles. The van der Waals surface area contributed by atoms with Gasteiger partial charge in [-0.25, -0.2) is 0 Å². The lowest BCUT2D eigenvalue weighted by Gasteiger charge is -2.08. The number of benzene rings is 3. The minimum Gasteiger partial charge on any atom is -0.502 e. The van der Waals surface area contributed by atoms with Gasteiger partial charge in [-0.05, 0) is 47.9 Å². The zero-order valence-corrected chi connectivity index (χ0v) is 16.8. The average molecular weight is 431 g/mol. The average Bonchev–Trinajstić information content (AvgIpc) is 2.69. The van der Waals surface area contributed by atoms with Crippen LogP contribution in [0.5, 0.6) is 11.5 Å². The molecule has 0 saturated carbocycles. The molecule has 0 atom stereocenters. The first-order valence-electron chi connectivity index (χ1n) is 8.50. The Morgan fingerprint density at radius 3 is 2.55 bits per heavy atom. The van der Waals surface area contributed by atoms with Gasteiger partial charge in [-0.15, -0.1) is 0 Å². The highest BCUT2D eigenvalue weighted by Gasteiger charge is 2.19. The fourth-order valence-electron chi connectivity index (χ4n) is 2.78. The van der Waals surface area contributed by atoms with Gasteiger partial charge in [-0.3, -0.25) is 15.1 Å². The van der Waals surface area contributed by atoms with Crippen molar-refractivity contribution in [3.8, 4) is 11.5 Å². The standard InChI is InChI=1S/C21H16Cl2N2O4/c1-29-20-7-6-16(11-18(20)23)24-12-15-9-13(10-19(21(15)26)25(27)28)8-14-4-2-3-5-17(14)22/h2-7,9-12,26H,8H2,1H3. The molecule has 29 heavy (non-hydrogen) atoms. The van der Waals surface area contributed by atoms with E-state index in [-0.39, 0.29) is 5.56 Å². The molecule has 8 heteroatoms. The minimum absolute atomic E-state index is 0.216. The lowest BCUT2D eigenvalue weighted by atomic mass is 10.0. The van der Waals surface area contributed by atoms with Crippen LogP contribution in [-0.4, -0.2) is 23.4 Å². The van der Waals surface area contributed by atoms with Crippen LogP contribution < -0.4 is 4.74 Å². The largest absolute Gasteiger partial charge is 0.502 e. The number of nitro groups is 1. The number of nitro benzene ring substituents is 1. The van der Waals surface area contributed by atoms with Gasteiger partial charge in [-0.2, -0.15) is 0 Å². The maximum absolute atomic E-state index is 11.4. The summed E-state index contributed by atoms with van der Waals surface area (Å²) in [6.45, 7) is 0. The van der Waals surface area contributed by atoms with Gasteiger partial charge in [0.1, 0.15) is 5.75 Å². The Bertz CT molecular complexity index is 1100. The van der Waals surface area contributed by atoms with Crippen LogP contribution >= 0.6 is 23.2 Å². The molecule has 0 saturated heterocycles. The number of phenolic OH excluding ortho intramolecular Hbond substituents is 1. The van der Waals surface area contributed by atoms with Crippen molar-refractivity contribution in [1.82, 2.24) is 0 Å². The van der Waals surface area contributed by atoms with E-state index >= 15 is 0 Å². The number of halogens is 2. The van der Waals surface area contributed by atoms with Gasteiger partial charge < -0.3 is 9.84 Å². The molecule has 0 aromatic heterocycles. The number of rotatable bonds is 6. The lowest BCUT2D eigenvalue weighted by Crippen LogP contribution is -1.97. The fourth-order valence-corrected chi connectivity index (χ4v) is 3.24. The van der Waals surface area contributed by atoms with E-state index in [0.717, 1.165) is 5.56 Å². The topological polar surface area (TPSA) is 85.0 Å². The Labute approximate surface area is 177 Å². The van der Waals surface area contributed by atoms with Crippen molar-refractivity contribution in [2.45, 2.75) is 6.42 Å². The third kappa shape index (κ3) is 4.85. The number of methoxy groups -OCH3 is 1. The normalized spacial score (nSPS) is 11.0. The fraction of sp³-hybridized carbons (Fsp3) is 0.0952. The minimum atomic E-state index is -0.632. The molecular weight excluding hydrogens is 415 g/mol. The molecule has 0 bridgehead atoms. The Balaban J connectivity index is 1.99. The summed E-state index contributed by atoms with van der Waals surface area (Å²) in [6.07, 6.45) is 1.73. The van der Waals surface area contributed by atoms with E-state index < -0.39 is 16.4 Å². The van der Waals surface area contributed by atoms with Crippen molar-refractivity contribution >= 4 is 40.8 Å². The zero-order valence-electron chi connectivity index (χ0n) is 15.3. The molecule has 0 aliphatic heterocycles. The van der Waals surface area contributed by atoms with Crippen LogP contribution in [0.25, 0.3) is 0 Å². The molecule has 0 fully saturated rings. The number of hydrogen-bond acceptors (Lipinski definition) is 5. The van der Waals surface area contributed by atoms with Crippen molar-refractivity contribution in [2.75, 3.05) is 7.11 Å². The molecule has 0 heterocycles. The predicted octanol–water partition coefficient (Wildman–Crippen LogP) is 5.96. The molecule has 3 aromatic carbocycles. The number of phenols is 1. The first-order chi connectivity index (χ1) is 13.9. The Morgan fingerprint density at radius 2 is 1.90 bits per heavy atom. The second kappa shape index (κ2) is 8.94.